The summed E-state index contributed by atoms with van der Waals surface area (Å²) in [4.78, 5) is 29.5. The Balaban J connectivity index is 1.79. The van der Waals surface area contributed by atoms with Crippen LogP contribution in [0.1, 0.15) is 29.4 Å². The summed E-state index contributed by atoms with van der Waals surface area (Å²) in [7, 11) is 0. The van der Waals surface area contributed by atoms with Gasteiger partial charge >= 0.3 is 0 Å². The van der Waals surface area contributed by atoms with E-state index in [4.69, 9.17) is 0 Å². The van der Waals surface area contributed by atoms with Gasteiger partial charge in [0.15, 0.2) is 0 Å². The minimum absolute atomic E-state index is 0.121. The number of hydrogen-bond donors (Lipinski definition) is 1. The molecule has 0 aliphatic rings. The molecule has 152 valence electrons. The molecule has 1 aromatic carbocycles. The number of benzene rings is 1. The van der Waals surface area contributed by atoms with Crippen LogP contribution in [0.4, 0.5) is 10.2 Å². The highest BCUT2D eigenvalue weighted by molar-refractivity contribution is 6.04. The molecule has 0 spiro atoms. The maximum Gasteiger partial charge on any atom is 0.277 e. The van der Waals surface area contributed by atoms with Gasteiger partial charge in [0.2, 0.25) is 0 Å². The van der Waals surface area contributed by atoms with Crippen molar-refractivity contribution in [3.8, 4) is 11.3 Å². The van der Waals surface area contributed by atoms with Gasteiger partial charge in [-0.15, -0.1) is 0 Å². The quantitative estimate of drug-likeness (QED) is 0.549. The van der Waals surface area contributed by atoms with Crippen LogP contribution in [-0.2, 0) is 6.54 Å². The number of fused-ring (bicyclic) bond motifs is 1. The largest absolute Gasteiger partial charge is 0.304 e. The molecule has 0 bridgehead atoms. The molecule has 0 unspecified atom stereocenters. The van der Waals surface area contributed by atoms with Gasteiger partial charge in [-0.1, -0.05) is 6.92 Å². The van der Waals surface area contributed by atoms with E-state index in [1.165, 1.54) is 28.9 Å². The Kier molecular flexibility index (Phi) is 5.14. The van der Waals surface area contributed by atoms with Gasteiger partial charge in [0, 0.05) is 24.4 Å². The summed E-state index contributed by atoms with van der Waals surface area (Å²) in [6.45, 7) is 4.30. The topological polar surface area (TPSA) is 81.3 Å². The van der Waals surface area contributed by atoms with Crippen LogP contribution < -0.4 is 10.9 Å². The van der Waals surface area contributed by atoms with Crippen LogP contribution in [0.5, 0.6) is 0 Å². The van der Waals surface area contributed by atoms with Crippen molar-refractivity contribution in [3.05, 3.63) is 82.2 Å². The van der Waals surface area contributed by atoms with E-state index in [0.717, 1.165) is 12.0 Å². The highest BCUT2D eigenvalue weighted by atomic mass is 19.1. The van der Waals surface area contributed by atoms with E-state index in [2.05, 4.69) is 15.4 Å². The Labute approximate surface area is 171 Å². The van der Waals surface area contributed by atoms with Gasteiger partial charge in [0.05, 0.1) is 0 Å². The number of pyridine rings is 1. The van der Waals surface area contributed by atoms with Gasteiger partial charge in [0.1, 0.15) is 28.7 Å². The Bertz CT molecular complexity index is 1290. The van der Waals surface area contributed by atoms with Crippen LogP contribution in [0.3, 0.4) is 0 Å². The molecule has 0 saturated carbocycles. The van der Waals surface area contributed by atoms with E-state index in [0.29, 0.717) is 29.3 Å². The number of aromatic nitrogens is 4. The van der Waals surface area contributed by atoms with Gasteiger partial charge in [0.25, 0.3) is 11.5 Å². The molecule has 4 rings (SSSR count). The Hall–Kier alpha value is -3.81. The molecular formula is C22H20FN5O2. The second kappa shape index (κ2) is 7.90. The van der Waals surface area contributed by atoms with E-state index in [1.54, 1.807) is 16.5 Å². The molecule has 0 radical (unpaired) electrons. The zero-order valence-electron chi connectivity index (χ0n) is 16.6. The van der Waals surface area contributed by atoms with E-state index in [-0.39, 0.29) is 17.1 Å². The molecule has 3 aromatic heterocycles. The molecule has 7 nitrogen and oxygen atoms in total. The molecule has 0 aliphatic heterocycles. The SMILES string of the molecule is CCCn1nc(C(=O)Nc2c(-c3ccc(F)cc3)nc3cc(C)ccn23)ccc1=O. The van der Waals surface area contributed by atoms with E-state index >= 15 is 0 Å². The molecule has 30 heavy (non-hydrogen) atoms. The zero-order chi connectivity index (χ0) is 21.3. The minimum Gasteiger partial charge on any atom is -0.304 e. The summed E-state index contributed by atoms with van der Waals surface area (Å²) in [6.07, 6.45) is 2.53. The van der Waals surface area contributed by atoms with Crippen molar-refractivity contribution >= 4 is 17.4 Å². The third kappa shape index (κ3) is 3.71. The molecule has 0 fully saturated rings. The van der Waals surface area contributed by atoms with Gasteiger partial charge in [-0.25, -0.2) is 14.1 Å². The lowest BCUT2D eigenvalue weighted by Crippen LogP contribution is -2.26. The highest BCUT2D eigenvalue weighted by Crippen LogP contribution is 2.29. The van der Waals surface area contributed by atoms with Gasteiger partial charge in [-0.3, -0.25) is 14.0 Å². The summed E-state index contributed by atoms with van der Waals surface area (Å²) in [5.41, 5.74) is 2.70. The highest BCUT2D eigenvalue weighted by Gasteiger charge is 2.19. The molecule has 8 heteroatoms. The fraction of sp³-hybridized carbons (Fsp3) is 0.182. The van der Waals surface area contributed by atoms with Crippen LogP contribution in [0.15, 0.2) is 59.5 Å². The third-order valence-corrected chi connectivity index (χ3v) is 4.67. The lowest BCUT2D eigenvalue weighted by molar-refractivity contribution is 0.101. The summed E-state index contributed by atoms with van der Waals surface area (Å²) in [5, 5.41) is 7.02. The number of halogens is 1. The van der Waals surface area contributed by atoms with Crippen molar-refractivity contribution in [1.82, 2.24) is 19.2 Å². The van der Waals surface area contributed by atoms with Gasteiger partial charge in [-0.05, 0) is 61.4 Å². The standard InChI is InChI=1S/C22H20FN5O2/c1-3-11-28-19(29)9-8-17(26-28)22(30)25-21-20(15-4-6-16(23)7-5-15)24-18-13-14(2)10-12-27(18)21/h4-10,12-13H,3,11H2,1-2H3,(H,25,30). The predicted molar refractivity (Wildman–Crippen MR) is 112 cm³/mol. The Morgan fingerprint density at radius 2 is 1.90 bits per heavy atom. The van der Waals surface area contributed by atoms with E-state index in [9.17, 15) is 14.0 Å². The number of nitrogens with zero attached hydrogens (tertiary/aromatic N) is 4. The fourth-order valence-corrected chi connectivity index (χ4v) is 3.19. The number of carbonyl (C=O) groups is 1. The van der Waals surface area contributed by atoms with E-state index < -0.39 is 5.91 Å². The van der Waals surface area contributed by atoms with E-state index in [1.807, 2.05) is 32.2 Å². The number of imidazole rings is 1. The van der Waals surface area contributed by atoms with Crippen molar-refractivity contribution in [1.29, 1.82) is 0 Å². The summed E-state index contributed by atoms with van der Waals surface area (Å²) < 4.78 is 16.4. The monoisotopic (exact) mass is 405 g/mol. The normalized spacial score (nSPS) is 11.0. The maximum absolute atomic E-state index is 13.4. The predicted octanol–water partition coefficient (Wildman–Crippen LogP) is 3.67. The number of aryl methyl sites for hydroxylation is 2. The maximum atomic E-state index is 13.4. The van der Waals surface area contributed by atoms with Gasteiger partial charge in [-0.2, -0.15) is 5.10 Å². The third-order valence-electron chi connectivity index (χ3n) is 4.67. The Morgan fingerprint density at radius 1 is 1.13 bits per heavy atom. The average molecular weight is 405 g/mol. The lowest BCUT2D eigenvalue weighted by atomic mass is 10.1. The summed E-state index contributed by atoms with van der Waals surface area (Å²) in [5.74, 6) is -0.381. The molecule has 0 atom stereocenters. The minimum atomic E-state index is -0.467. The second-order valence-electron chi connectivity index (χ2n) is 6.98. The van der Waals surface area contributed by atoms with Crippen molar-refractivity contribution in [2.45, 2.75) is 26.8 Å². The molecule has 4 aromatic rings. The molecule has 3 heterocycles. The second-order valence-corrected chi connectivity index (χ2v) is 6.98. The van der Waals surface area contributed by atoms with Crippen LogP contribution in [0.2, 0.25) is 0 Å². The van der Waals surface area contributed by atoms with Crippen molar-refractivity contribution in [3.63, 3.8) is 0 Å². The number of amides is 1. The summed E-state index contributed by atoms with van der Waals surface area (Å²) in [6, 6.07) is 12.4. The van der Waals surface area contributed by atoms with Crippen LogP contribution >= 0.6 is 0 Å². The van der Waals surface area contributed by atoms with Crippen molar-refractivity contribution in [2.24, 2.45) is 0 Å². The molecular weight excluding hydrogens is 385 g/mol. The number of anilines is 1. The summed E-state index contributed by atoms with van der Waals surface area (Å²) >= 11 is 0. The van der Waals surface area contributed by atoms with Crippen molar-refractivity contribution in [2.75, 3.05) is 5.32 Å². The first-order valence-electron chi connectivity index (χ1n) is 9.60. The number of hydrogen-bond acceptors (Lipinski definition) is 4. The van der Waals surface area contributed by atoms with Crippen LogP contribution in [0, 0.1) is 12.7 Å². The molecule has 0 saturated heterocycles. The first-order chi connectivity index (χ1) is 14.5. The average Bonchev–Trinajstić information content (AvgIpc) is 3.07. The number of nitrogens with one attached hydrogen (secondary N) is 1. The fourth-order valence-electron chi connectivity index (χ4n) is 3.19. The number of rotatable bonds is 5. The Morgan fingerprint density at radius 3 is 2.63 bits per heavy atom. The van der Waals surface area contributed by atoms with Gasteiger partial charge < -0.3 is 5.32 Å². The molecule has 0 aliphatic carbocycles. The smallest absolute Gasteiger partial charge is 0.277 e. The first-order valence-corrected chi connectivity index (χ1v) is 9.60. The number of carbonyl (C=O) groups excluding carboxylic acids is 1. The molecule has 1 amide bonds. The first kappa shape index (κ1) is 19.5. The molecule has 1 N–H and O–H groups in total. The van der Waals surface area contributed by atoms with Crippen molar-refractivity contribution < 1.29 is 9.18 Å². The lowest BCUT2D eigenvalue weighted by Gasteiger charge is -2.09. The zero-order valence-corrected chi connectivity index (χ0v) is 16.6. The van der Waals surface area contributed by atoms with Crippen LogP contribution in [0.25, 0.3) is 16.9 Å². The van der Waals surface area contributed by atoms with Crippen LogP contribution in [-0.4, -0.2) is 25.1 Å².